The summed E-state index contributed by atoms with van der Waals surface area (Å²) in [6, 6.07) is 8.35. The Bertz CT molecular complexity index is 397. The van der Waals surface area contributed by atoms with E-state index in [1.165, 1.54) is 17.5 Å². The Morgan fingerprint density at radius 2 is 2.22 bits per heavy atom. The van der Waals surface area contributed by atoms with Gasteiger partial charge in [-0.15, -0.1) is 0 Å². The SMILES string of the molecule is Cc1ccccc1CCNC(=O)[C@@H]1CCCCN1. The van der Waals surface area contributed by atoms with Crippen LogP contribution in [0.5, 0.6) is 0 Å². The van der Waals surface area contributed by atoms with Crippen molar-refractivity contribution in [1.82, 2.24) is 10.6 Å². The Kier molecular flexibility index (Phi) is 4.76. The van der Waals surface area contributed by atoms with Gasteiger partial charge in [-0.25, -0.2) is 0 Å². The third kappa shape index (κ3) is 3.57. The van der Waals surface area contributed by atoms with E-state index in [0.717, 1.165) is 32.4 Å². The first-order valence-corrected chi connectivity index (χ1v) is 6.83. The molecule has 1 aliphatic heterocycles. The first-order chi connectivity index (χ1) is 8.77. The van der Waals surface area contributed by atoms with E-state index < -0.39 is 0 Å². The lowest BCUT2D eigenvalue weighted by Crippen LogP contribution is -2.47. The van der Waals surface area contributed by atoms with Crippen molar-refractivity contribution in [3.8, 4) is 0 Å². The van der Waals surface area contributed by atoms with Crippen molar-refractivity contribution in [2.24, 2.45) is 0 Å². The molecule has 0 spiro atoms. The molecule has 18 heavy (non-hydrogen) atoms. The highest BCUT2D eigenvalue weighted by atomic mass is 16.2. The fraction of sp³-hybridized carbons (Fsp3) is 0.533. The minimum atomic E-state index is 0.0237. The van der Waals surface area contributed by atoms with E-state index in [0.29, 0.717) is 0 Å². The van der Waals surface area contributed by atoms with E-state index >= 15 is 0 Å². The van der Waals surface area contributed by atoms with Crippen LogP contribution >= 0.6 is 0 Å². The monoisotopic (exact) mass is 246 g/mol. The number of hydrogen-bond acceptors (Lipinski definition) is 2. The molecule has 0 aliphatic carbocycles. The second-order valence-corrected chi connectivity index (χ2v) is 4.97. The van der Waals surface area contributed by atoms with Crippen LogP contribution < -0.4 is 10.6 Å². The standard InChI is InChI=1S/C15H22N2O/c1-12-6-2-3-7-13(12)9-11-17-15(18)14-8-4-5-10-16-14/h2-3,6-7,14,16H,4-5,8-11H2,1H3,(H,17,18)/t14-/m0/s1. The second-order valence-electron chi connectivity index (χ2n) is 4.97. The molecule has 0 aromatic heterocycles. The van der Waals surface area contributed by atoms with E-state index in [-0.39, 0.29) is 11.9 Å². The summed E-state index contributed by atoms with van der Waals surface area (Å²) in [5.41, 5.74) is 2.61. The van der Waals surface area contributed by atoms with Crippen LogP contribution in [0.15, 0.2) is 24.3 Å². The Morgan fingerprint density at radius 3 is 2.94 bits per heavy atom. The first kappa shape index (κ1) is 13.1. The minimum absolute atomic E-state index is 0.0237. The van der Waals surface area contributed by atoms with Gasteiger partial charge in [0.25, 0.3) is 0 Å². The van der Waals surface area contributed by atoms with Crippen molar-refractivity contribution in [3.05, 3.63) is 35.4 Å². The van der Waals surface area contributed by atoms with Gasteiger partial charge in [-0.05, 0) is 43.9 Å². The normalized spacial score (nSPS) is 19.5. The summed E-state index contributed by atoms with van der Waals surface area (Å²) in [5, 5.41) is 6.29. The third-order valence-corrected chi connectivity index (χ3v) is 3.58. The van der Waals surface area contributed by atoms with Crippen LogP contribution in [0.4, 0.5) is 0 Å². The summed E-state index contributed by atoms with van der Waals surface area (Å²) < 4.78 is 0. The molecule has 2 N–H and O–H groups in total. The van der Waals surface area contributed by atoms with E-state index in [4.69, 9.17) is 0 Å². The average Bonchev–Trinajstić information content (AvgIpc) is 2.42. The molecule has 1 aromatic carbocycles. The largest absolute Gasteiger partial charge is 0.354 e. The average molecular weight is 246 g/mol. The lowest BCUT2D eigenvalue weighted by molar-refractivity contribution is -0.123. The number of hydrogen-bond donors (Lipinski definition) is 2. The summed E-state index contributed by atoms with van der Waals surface area (Å²) in [6.07, 6.45) is 4.22. The number of nitrogens with one attached hydrogen (secondary N) is 2. The van der Waals surface area contributed by atoms with E-state index in [1.54, 1.807) is 0 Å². The van der Waals surface area contributed by atoms with E-state index in [9.17, 15) is 4.79 Å². The van der Waals surface area contributed by atoms with Gasteiger partial charge >= 0.3 is 0 Å². The molecule has 0 saturated carbocycles. The van der Waals surface area contributed by atoms with Crippen LogP contribution in [-0.2, 0) is 11.2 Å². The van der Waals surface area contributed by atoms with Crippen molar-refractivity contribution in [3.63, 3.8) is 0 Å². The molecule has 0 unspecified atom stereocenters. The highest BCUT2D eigenvalue weighted by molar-refractivity contribution is 5.81. The zero-order valence-electron chi connectivity index (χ0n) is 11.0. The van der Waals surface area contributed by atoms with Gasteiger partial charge in [-0.3, -0.25) is 4.79 Å². The van der Waals surface area contributed by atoms with Crippen LogP contribution in [0.3, 0.4) is 0 Å². The van der Waals surface area contributed by atoms with Gasteiger partial charge in [0.15, 0.2) is 0 Å². The first-order valence-electron chi connectivity index (χ1n) is 6.83. The molecule has 3 heteroatoms. The maximum atomic E-state index is 11.9. The molecular formula is C15H22N2O. The molecule has 1 aliphatic rings. The molecule has 0 bridgehead atoms. The molecule has 1 amide bonds. The van der Waals surface area contributed by atoms with Gasteiger partial charge in [0.1, 0.15) is 0 Å². The Morgan fingerprint density at radius 1 is 1.39 bits per heavy atom. The number of carbonyl (C=O) groups excluding carboxylic acids is 1. The van der Waals surface area contributed by atoms with Crippen LogP contribution in [-0.4, -0.2) is 25.0 Å². The molecule has 2 rings (SSSR count). The number of amides is 1. The smallest absolute Gasteiger partial charge is 0.237 e. The molecule has 1 heterocycles. The summed E-state index contributed by atoms with van der Waals surface area (Å²) in [4.78, 5) is 11.9. The Labute approximate surface area is 109 Å². The predicted molar refractivity (Wildman–Crippen MR) is 73.5 cm³/mol. The topological polar surface area (TPSA) is 41.1 Å². The third-order valence-electron chi connectivity index (χ3n) is 3.58. The van der Waals surface area contributed by atoms with E-state index in [2.05, 4.69) is 29.7 Å². The van der Waals surface area contributed by atoms with Crippen molar-refractivity contribution < 1.29 is 4.79 Å². The summed E-state index contributed by atoms with van der Waals surface area (Å²) >= 11 is 0. The maximum Gasteiger partial charge on any atom is 0.237 e. The summed E-state index contributed by atoms with van der Waals surface area (Å²) in [6.45, 7) is 3.80. The molecular weight excluding hydrogens is 224 g/mol. The zero-order valence-corrected chi connectivity index (χ0v) is 11.0. The molecule has 1 atom stereocenters. The van der Waals surface area contributed by atoms with Crippen LogP contribution in [0.25, 0.3) is 0 Å². The fourth-order valence-corrected chi connectivity index (χ4v) is 2.41. The van der Waals surface area contributed by atoms with Crippen LogP contribution in [0.2, 0.25) is 0 Å². The van der Waals surface area contributed by atoms with Crippen molar-refractivity contribution in [2.75, 3.05) is 13.1 Å². The predicted octanol–water partition coefficient (Wildman–Crippen LogP) is 1.80. The quantitative estimate of drug-likeness (QED) is 0.850. The van der Waals surface area contributed by atoms with Gasteiger partial charge in [0.2, 0.25) is 5.91 Å². The van der Waals surface area contributed by atoms with Crippen molar-refractivity contribution in [2.45, 2.75) is 38.6 Å². The summed E-state index contributed by atoms with van der Waals surface area (Å²) in [5.74, 6) is 0.156. The molecule has 0 radical (unpaired) electrons. The van der Waals surface area contributed by atoms with Gasteiger partial charge in [0.05, 0.1) is 6.04 Å². The lowest BCUT2D eigenvalue weighted by atomic mass is 10.0. The number of piperidine rings is 1. The van der Waals surface area contributed by atoms with Gasteiger partial charge in [-0.1, -0.05) is 30.7 Å². The number of benzene rings is 1. The fourth-order valence-electron chi connectivity index (χ4n) is 2.41. The second kappa shape index (κ2) is 6.55. The number of rotatable bonds is 4. The number of aryl methyl sites for hydroxylation is 1. The summed E-state index contributed by atoms with van der Waals surface area (Å²) in [7, 11) is 0. The van der Waals surface area contributed by atoms with E-state index in [1.807, 2.05) is 12.1 Å². The lowest BCUT2D eigenvalue weighted by Gasteiger charge is -2.22. The molecule has 98 valence electrons. The van der Waals surface area contributed by atoms with Crippen molar-refractivity contribution in [1.29, 1.82) is 0 Å². The Balaban J connectivity index is 1.75. The molecule has 1 fully saturated rings. The zero-order chi connectivity index (χ0) is 12.8. The highest BCUT2D eigenvalue weighted by Gasteiger charge is 2.19. The van der Waals surface area contributed by atoms with Crippen LogP contribution in [0, 0.1) is 6.92 Å². The minimum Gasteiger partial charge on any atom is -0.354 e. The van der Waals surface area contributed by atoms with Gasteiger partial charge in [0, 0.05) is 6.54 Å². The highest BCUT2D eigenvalue weighted by Crippen LogP contribution is 2.08. The maximum absolute atomic E-state index is 11.9. The molecule has 1 aromatic rings. The van der Waals surface area contributed by atoms with Gasteiger partial charge < -0.3 is 10.6 Å². The molecule has 1 saturated heterocycles. The van der Waals surface area contributed by atoms with Crippen molar-refractivity contribution >= 4 is 5.91 Å². The van der Waals surface area contributed by atoms with Gasteiger partial charge in [-0.2, -0.15) is 0 Å². The number of carbonyl (C=O) groups is 1. The molecule has 3 nitrogen and oxygen atoms in total. The van der Waals surface area contributed by atoms with Crippen LogP contribution in [0.1, 0.15) is 30.4 Å². The Hall–Kier alpha value is -1.35.